The van der Waals surface area contributed by atoms with Crippen LogP contribution in [-0.4, -0.2) is 96.5 Å². The van der Waals surface area contributed by atoms with Crippen molar-refractivity contribution in [2.75, 3.05) is 68.1 Å². The Morgan fingerprint density at radius 1 is 1.11 bits per heavy atom. The molecule has 1 aromatic heterocycles. The molecule has 3 fully saturated rings. The standard InChI is InChI=1S/C33H40N8O6/c1-37-18-22(16-34-37)25-14-29(41(44)45)30(46-2)15-28(25)39-9-7-21(8-10-39)17-38-11-12-40-24(19-38)20-47-31-13-23(3-5-27(31)40)35-26-4-6-32(42)36-33(26)43/h3,5,13-16,18,21,24,26,35H,4,6-12,17,19-20H2,1-2H3,(H,36,42,43). The number of nitrogens with zero attached hydrogens (tertiary/aromatic N) is 6. The zero-order valence-corrected chi connectivity index (χ0v) is 26.7. The Bertz CT molecular complexity index is 1690. The van der Waals surface area contributed by atoms with E-state index >= 15 is 0 Å². The number of benzene rings is 2. The lowest BCUT2D eigenvalue weighted by atomic mass is 9.94. The maximum atomic E-state index is 12.2. The van der Waals surface area contributed by atoms with E-state index in [-0.39, 0.29) is 29.3 Å². The van der Waals surface area contributed by atoms with Crippen LogP contribution < -0.4 is 29.9 Å². The molecule has 0 saturated carbocycles. The number of fused-ring (bicyclic) bond motifs is 3. The zero-order chi connectivity index (χ0) is 32.7. The lowest BCUT2D eigenvalue weighted by molar-refractivity contribution is -0.385. The second kappa shape index (κ2) is 12.7. The molecule has 2 atom stereocenters. The van der Waals surface area contributed by atoms with Crippen molar-refractivity contribution in [3.05, 3.63) is 52.8 Å². The van der Waals surface area contributed by atoms with E-state index in [9.17, 15) is 19.7 Å². The van der Waals surface area contributed by atoms with Crippen LogP contribution in [0.5, 0.6) is 11.5 Å². The monoisotopic (exact) mass is 644 g/mol. The zero-order valence-electron chi connectivity index (χ0n) is 26.7. The average molecular weight is 645 g/mol. The minimum absolute atomic E-state index is 0.0530. The van der Waals surface area contributed by atoms with Crippen molar-refractivity contribution >= 4 is 34.6 Å². The van der Waals surface area contributed by atoms with Gasteiger partial charge in [0.15, 0.2) is 5.75 Å². The number of piperazine rings is 1. The van der Waals surface area contributed by atoms with Gasteiger partial charge in [0.25, 0.3) is 0 Å². The van der Waals surface area contributed by atoms with Gasteiger partial charge in [-0.1, -0.05) is 0 Å². The number of nitro benzene ring substituents is 1. The smallest absolute Gasteiger partial charge is 0.311 e. The van der Waals surface area contributed by atoms with Gasteiger partial charge >= 0.3 is 5.69 Å². The SMILES string of the molecule is COc1cc(N2CCC(CN3CCN4c5ccc(NC6CCC(=O)NC6=O)cc5OCC4C3)CC2)c(-c2cnn(C)c2)cc1[N+](=O)[O-]. The summed E-state index contributed by atoms with van der Waals surface area (Å²) in [4.78, 5) is 42.4. The molecule has 7 rings (SSSR count). The molecule has 4 aliphatic rings. The van der Waals surface area contributed by atoms with E-state index < -0.39 is 11.0 Å². The van der Waals surface area contributed by atoms with Crippen molar-refractivity contribution in [2.24, 2.45) is 13.0 Å². The third-order valence-corrected chi connectivity index (χ3v) is 9.83. The number of nitro groups is 1. The number of aromatic nitrogens is 2. The summed E-state index contributed by atoms with van der Waals surface area (Å²) in [7, 11) is 3.31. The van der Waals surface area contributed by atoms with Crippen LogP contribution in [0.3, 0.4) is 0 Å². The quantitative estimate of drug-likeness (QED) is 0.212. The van der Waals surface area contributed by atoms with Crippen LogP contribution >= 0.6 is 0 Å². The molecular formula is C33H40N8O6. The second-order valence-corrected chi connectivity index (χ2v) is 12.9. The molecule has 0 aliphatic carbocycles. The summed E-state index contributed by atoms with van der Waals surface area (Å²) in [6.45, 7) is 6.15. The first kappa shape index (κ1) is 30.8. The Balaban J connectivity index is 0.963. The molecule has 2 unspecified atom stereocenters. The lowest BCUT2D eigenvalue weighted by Crippen LogP contribution is -2.58. The number of nitrogens with one attached hydrogen (secondary N) is 2. The minimum atomic E-state index is -0.433. The van der Waals surface area contributed by atoms with E-state index in [1.165, 1.54) is 7.11 Å². The summed E-state index contributed by atoms with van der Waals surface area (Å²) < 4.78 is 13.4. The molecule has 248 valence electrons. The fourth-order valence-corrected chi connectivity index (χ4v) is 7.36. The fourth-order valence-electron chi connectivity index (χ4n) is 7.36. The Labute approximate surface area is 272 Å². The topological polar surface area (TPSA) is 147 Å². The molecule has 5 heterocycles. The molecule has 0 radical (unpaired) electrons. The van der Waals surface area contributed by atoms with Crippen molar-refractivity contribution in [1.29, 1.82) is 0 Å². The van der Waals surface area contributed by atoms with Crippen molar-refractivity contribution < 1.29 is 24.0 Å². The summed E-state index contributed by atoms with van der Waals surface area (Å²) >= 11 is 0. The highest BCUT2D eigenvalue weighted by Crippen LogP contribution is 2.42. The first-order valence-corrected chi connectivity index (χ1v) is 16.2. The molecule has 14 nitrogen and oxygen atoms in total. The van der Waals surface area contributed by atoms with E-state index in [1.54, 1.807) is 23.0 Å². The van der Waals surface area contributed by atoms with Gasteiger partial charge < -0.3 is 24.6 Å². The molecule has 2 aromatic carbocycles. The lowest BCUT2D eigenvalue weighted by Gasteiger charge is -2.47. The molecule has 14 heteroatoms. The van der Waals surface area contributed by atoms with Crippen molar-refractivity contribution in [3.63, 3.8) is 0 Å². The molecule has 2 amide bonds. The van der Waals surface area contributed by atoms with Crippen LogP contribution in [0, 0.1) is 16.0 Å². The number of anilines is 3. The highest BCUT2D eigenvalue weighted by molar-refractivity contribution is 6.01. The predicted molar refractivity (Wildman–Crippen MR) is 176 cm³/mol. The summed E-state index contributed by atoms with van der Waals surface area (Å²) in [5.74, 6) is 1.11. The molecule has 0 bridgehead atoms. The number of carbonyl (C=O) groups is 2. The van der Waals surface area contributed by atoms with E-state index in [2.05, 4.69) is 36.5 Å². The predicted octanol–water partition coefficient (Wildman–Crippen LogP) is 3.02. The van der Waals surface area contributed by atoms with Crippen molar-refractivity contribution in [2.45, 2.75) is 37.8 Å². The first-order chi connectivity index (χ1) is 22.7. The van der Waals surface area contributed by atoms with Gasteiger partial charge in [0, 0.05) is 99.6 Å². The maximum Gasteiger partial charge on any atom is 0.311 e. The van der Waals surface area contributed by atoms with Gasteiger partial charge in [-0.3, -0.25) is 34.6 Å². The van der Waals surface area contributed by atoms with Gasteiger partial charge in [-0.05, 0) is 37.3 Å². The van der Waals surface area contributed by atoms with Gasteiger partial charge in [0.05, 0.1) is 30.0 Å². The molecule has 2 N–H and O–H groups in total. The minimum Gasteiger partial charge on any atom is -0.490 e. The highest BCUT2D eigenvalue weighted by atomic mass is 16.6. The number of methoxy groups -OCH3 is 1. The summed E-state index contributed by atoms with van der Waals surface area (Å²) in [5.41, 5.74) is 4.39. The van der Waals surface area contributed by atoms with E-state index in [1.807, 2.05) is 25.4 Å². The average Bonchev–Trinajstić information content (AvgIpc) is 3.51. The summed E-state index contributed by atoms with van der Waals surface area (Å²) in [5, 5.41) is 21.7. The van der Waals surface area contributed by atoms with Crippen molar-refractivity contribution in [3.8, 4) is 22.6 Å². The number of carbonyl (C=O) groups excluding carboxylic acids is 2. The van der Waals surface area contributed by atoms with Crippen LogP contribution in [0.4, 0.5) is 22.7 Å². The summed E-state index contributed by atoms with van der Waals surface area (Å²) in [6, 6.07) is 9.24. The summed E-state index contributed by atoms with van der Waals surface area (Å²) in [6.07, 6.45) is 6.48. The number of ether oxygens (including phenoxy) is 2. The number of amides is 2. The van der Waals surface area contributed by atoms with Gasteiger partial charge in [0.2, 0.25) is 11.8 Å². The van der Waals surface area contributed by atoms with Gasteiger partial charge in [-0.25, -0.2) is 0 Å². The van der Waals surface area contributed by atoms with Crippen LogP contribution in [0.2, 0.25) is 0 Å². The molecular weight excluding hydrogens is 604 g/mol. The van der Waals surface area contributed by atoms with Gasteiger partial charge in [-0.15, -0.1) is 0 Å². The third-order valence-electron chi connectivity index (χ3n) is 9.83. The number of hydrogen-bond donors (Lipinski definition) is 2. The Morgan fingerprint density at radius 2 is 1.94 bits per heavy atom. The van der Waals surface area contributed by atoms with Gasteiger partial charge in [0.1, 0.15) is 18.4 Å². The van der Waals surface area contributed by atoms with E-state index in [0.717, 1.165) is 86.0 Å². The first-order valence-electron chi connectivity index (χ1n) is 16.2. The number of hydrogen-bond acceptors (Lipinski definition) is 11. The van der Waals surface area contributed by atoms with Crippen LogP contribution in [0.25, 0.3) is 11.1 Å². The second-order valence-electron chi connectivity index (χ2n) is 12.9. The molecule has 4 aliphatic heterocycles. The van der Waals surface area contributed by atoms with Crippen LogP contribution in [0.1, 0.15) is 25.7 Å². The molecule has 0 spiro atoms. The normalized spacial score (nSPS) is 21.8. The highest BCUT2D eigenvalue weighted by Gasteiger charge is 2.35. The van der Waals surface area contributed by atoms with Crippen LogP contribution in [0.15, 0.2) is 42.7 Å². The Morgan fingerprint density at radius 3 is 2.66 bits per heavy atom. The van der Waals surface area contributed by atoms with Gasteiger partial charge in [-0.2, -0.15) is 5.10 Å². The largest absolute Gasteiger partial charge is 0.490 e. The number of imide groups is 1. The maximum absolute atomic E-state index is 12.2. The fraction of sp³-hybridized carbons (Fsp3) is 0.485. The third kappa shape index (κ3) is 6.29. The molecule has 47 heavy (non-hydrogen) atoms. The number of aryl methyl sites for hydroxylation is 1. The van der Waals surface area contributed by atoms with E-state index in [4.69, 9.17) is 9.47 Å². The Kier molecular flexibility index (Phi) is 8.35. The molecule has 3 aromatic rings. The Hall–Kier alpha value is -4.85. The van der Waals surface area contributed by atoms with Crippen molar-refractivity contribution in [1.82, 2.24) is 20.0 Å². The van der Waals surface area contributed by atoms with Crippen LogP contribution in [-0.2, 0) is 16.6 Å². The van der Waals surface area contributed by atoms with E-state index in [0.29, 0.717) is 25.4 Å². The molecule has 3 saturated heterocycles. The number of rotatable bonds is 8. The number of piperidine rings is 2.